The Balaban J connectivity index is 2.82. The highest BCUT2D eigenvalue weighted by Gasteiger charge is 2.15. The Bertz CT molecular complexity index is 569. The van der Waals surface area contributed by atoms with Crippen LogP contribution in [0, 0.1) is 0 Å². The van der Waals surface area contributed by atoms with Crippen molar-refractivity contribution in [2.45, 2.75) is 18.2 Å². The number of rotatable bonds is 5. The minimum Gasteiger partial charge on any atom is -0.326 e. The Morgan fingerprint density at radius 2 is 1.79 bits per heavy atom. The smallest absolute Gasteiger partial charge is 0.264 e. The summed E-state index contributed by atoms with van der Waals surface area (Å²) >= 11 is 5.42. The Labute approximate surface area is 116 Å². The van der Waals surface area contributed by atoms with Crippen LogP contribution in [0.4, 0.5) is 5.69 Å². The van der Waals surface area contributed by atoms with E-state index in [1.54, 1.807) is 0 Å². The first-order chi connectivity index (χ1) is 8.85. The first-order valence-electron chi connectivity index (χ1n) is 5.34. The predicted octanol–water partition coefficient (Wildman–Crippen LogP) is 1.08. The van der Waals surface area contributed by atoms with Crippen LogP contribution in [-0.2, 0) is 19.6 Å². The van der Waals surface area contributed by atoms with Crippen molar-refractivity contribution < 1.29 is 18.0 Å². The molecule has 0 fully saturated rings. The molecule has 1 aromatic rings. The van der Waals surface area contributed by atoms with Crippen LogP contribution in [0.1, 0.15) is 13.3 Å². The second-order valence-corrected chi connectivity index (χ2v) is 5.73. The summed E-state index contributed by atoms with van der Waals surface area (Å²) in [6.07, 6.45) is 0.174. The van der Waals surface area contributed by atoms with E-state index in [0.717, 1.165) is 6.92 Å². The number of hydrogen-bond donors (Lipinski definition) is 2. The number of halogens is 1. The van der Waals surface area contributed by atoms with Crippen LogP contribution in [-0.4, -0.2) is 26.1 Å². The van der Waals surface area contributed by atoms with Crippen molar-refractivity contribution >= 4 is 39.1 Å². The van der Waals surface area contributed by atoms with E-state index in [2.05, 4.69) is 5.32 Å². The number of sulfonamides is 1. The molecule has 0 aliphatic carbocycles. The zero-order chi connectivity index (χ0) is 14.5. The van der Waals surface area contributed by atoms with Crippen LogP contribution >= 0.6 is 11.6 Å². The lowest BCUT2D eigenvalue weighted by Gasteiger charge is -2.07. The van der Waals surface area contributed by atoms with Crippen molar-refractivity contribution in [3.8, 4) is 0 Å². The number of carbonyl (C=O) groups is 2. The lowest BCUT2D eigenvalue weighted by Crippen LogP contribution is -2.28. The van der Waals surface area contributed by atoms with Crippen molar-refractivity contribution in [2.75, 3.05) is 11.2 Å². The molecule has 6 nitrogen and oxygen atoms in total. The van der Waals surface area contributed by atoms with Gasteiger partial charge in [0.15, 0.2) is 0 Å². The van der Waals surface area contributed by atoms with Gasteiger partial charge in [-0.05, 0) is 24.3 Å². The number of anilines is 1. The van der Waals surface area contributed by atoms with E-state index in [0.29, 0.717) is 5.69 Å². The van der Waals surface area contributed by atoms with Gasteiger partial charge < -0.3 is 5.32 Å². The maximum atomic E-state index is 11.6. The monoisotopic (exact) mass is 304 g/mol. The molecule has 0 radical (unpaired) electrons. The molecule has 0 heterocycles. The number of carbonyl (C=O) groups excluding carboxylic acids is 2. The fourth-order valence-corrected chi connectivity index (χ4v) is 2.44. The van der Waals surface area contributed by atoms with Crippen molar-refractivity contribution in [1.82, 2.24) is 4.72 Å². The van der Waals surface area contributed by atoms with Crippen LogP contribution in [0.3, 0.4) is 0 Å². The van der Waals surface area contributed by atoms with Crippen LogP contribution in [0.15, 0.2) is 29.2 Å². The minimum atomic E-state index is -3.85. The third-order valence-corrected chi connectivity index (χ3v) is 3.69. The molecular formula is C11H13ClN2O4S. The third kappa shape index (κ3) is 4.88. The fourth-order valence-electron chi connectivity index (χ4n) is 1.27. The van der Waals surface area contributed by atoms with Gasteiger partial charge in [0, 0.05) is 24.9 Å². The molecule has 0 aliphatic rings. The van der Waals surface area contributed by atoms with Crippen molar-refractivity contribution in [1.29, 1.82) is 0 Å². The van der Waals surface area contributed by atoms with Gasteiger partial charge in [-0.2, -0.15) is 0 Å². The Morgan fingerprint density at radius 1 is 1.21 bits per heavy atom. The summed E-state index contributed by atoms with van der Waals surface area (Å²) in [6, 6.07) is 5.45. The molecule has 2 amide bonds. The van der Waals surface area contributed by atoms with Crippen LogP contribution < -0.4 is 10.0 Å². The van der Waals surface area contributed by atoms with Gasteiger partial charge in [0.2, 0.25) is 11.8 Å². The Kier molecular flexibility index (Phi) is 5.31. The molecule has 0 atom stereocenters. The average Bonchev–Trinajstić information content (AvgIpc) is 2.28. The van der Waals surface area contributed by atoms with Crippen LogP contribution in [0.2, 0.25) is 0 Å². The largest absolute Gasteiger partial charge is 0.326 e. The van der Waals surface area contributed by atoms with Gasteiger partial charge >= 0.3 is 0 Å². The number of benzene rings is 1. The highest BCUT2D eigenvalue weighted by molar-refractivity contribution is 7.90. The lowest BCUT2D eigenvalue weighted by molar-refractivity contribution is -0.117. The van der Waals surface area contributed by atoms with Gasteiger partial charge in [-0.25, -0.2) is 13.1 Å². The molecule has 0 saturated heterocycles. The first-order valence-corrected chi connectivity index (χ1v) is 7.36. The normalized spacial score (nSPS) is 10.8. The van der Waals surface area contributed by atoms with Crippen molar-refractivity contribution in [3.05, 3.63) is 24.3 Å². The van der Waals surface area contributed by atoms with Gasteiger partial charge in [-0.1, -0.05) is 0 Å². The Morgan fingerprint density at radius 3 is 2.26 bits per heavy atom. The fraction of sp³-hybridized carbons (Fsp3) is 0.273. The van der Waals surface area contributed by atoms with E-state index in [1.165, 1.54) is 24.3 Å². The van der Waals surface area contributed by atoms with Crippen molar-refractivity contribution in [2.24, 2.45) is 0 Å². The maximum Gasteiger partial charge on any atom is 0.264 e. The van der Waals surface area contributed by atoms with Gasteiger partial charge in [0.25, 0.3) is 10.0 Å². The molecule has 19 heavy (non-hydrogen) atoms. The highest BCUT2D eigenvalue weighted by Crippen LogP contribution is 2.14. The molecular weight excluding hydrogens is 292 g/mol. The number of amides is 2. The van der Waals surface area contributed by atoms with E-state index < -0.39 is 15.9 Å². The van der Waals surface area contributed by atoms with Gasteiger partial charge in [-0.3, -0.25) is 9.59 Å². The number of nitrogens with one attached hydrogen (secondary N) is 2. The lowest BCUT2D eigenvalue weighted by atomic mass is 10.3. The molecule has 0 aromatic heterocycles. The molecule has 104 valence electrons. The van der Waals surface area contributed by atoms with E-state index >= 15 is 0 Å². The molecule has 1 rings (SSSR count). The number of alkyl halides is 1. The zero-order valence-corrected chi connectivity index (χ0v) is 11.7. The second-order valence-electron chi connectivity index (χ2n) is 3.67. The Hall–Kier alpha value is -1.60. The van der Waals surface area contributed by atoms with E-state index in [1.807, 2.05) is 4.72 Å². The summed E-state index contributed by atoms with van der Waals surface area (Å²) in [4.78, 5) is 22.0. The zero-order valence-electron chi connectivity index (χ0n) is 10.1. The minimum absolute atomic E-state index is 0.0574. The summed E-state index contributed by atoms with van der Waals surface area (Å²) in [6.45, 7) is 1.11. The van der Waals surface area contributed by atoms with E-state index in [9.17, 15) is 18.0 Å². The molecule has 8 heteroatoms. The quantitative estimate of drug-likeness (QED) is 0.796. The molecule has 0 spiro atoms. The van der Waals surface area contributed by atoms with E-state index in [-0.39, 0.29) is 23.1 Å². The van der Waals surface area contributed by atoms with E-state index in [4.69, 9.17) is 11.6 Å². The molecule has 2 N–H and O–H groups in total. The summed E-state index contributed by atoms with van der Waals surface area (Å²) in [5.41, 5.74) is 0.455. The second kappa shape index (κ2) is 6.53. The first kappa shape index (κ1) is 15.5. The molecule has 0 unspecified atom stereocenters. The maximum absolute atomic E-state index is 11.6. The topological polar surface area (TPSA) is 92.3 Å². The SMILES string of the molecule is CC(=O)NS(=O)(=O)c1ccc(NC(=O)CCCl)cc1. The van der Waals surface area contributed by atoms with Gasteiger partial charge in [-0.15, -0.1) is 11.6 Å². The summed E-state index contributed by atoms with van der Waals surface area (Å²) in [5, 5.41) is 2.56. The van der Waals surface area contributed by atoms with Crippen LogP contribution in [0.25, 0.3) is 0 Å². The summed E-state index contributed by atoms with van der Waals surface area (Å²) in [7, 11) is -3.85. The summed E-state index contributed by atoms with van der Waals surface area (Å²) in [5.74, 6) is -0.715. The standard InChI is InChI=1S/C11H13ClN2O4S/c1-8(15)14-19(17,18)10-4-2-9(3-5-10)13-11(16)6-7-12/h2-5H,6-7H2,1H3,(H,13,16)(H,14,15). The van der Waals surface area contributed by atoms with Gasteiger partial charge in [0.1, 0.15) is 0 Å². The van der Waals surface area contributed by atoms with Crippen LogP contribution in [0.5, 0.6) is 0 Å². The molecule has 0 aliphatic heterocycles. The third-order valence-electron chi connectivity index (χ3n) is 2.05. The molecule has 0 saturated carbocycles. The average molecular weight is 305 g/mol. The molecule has 1 aromatic carbocycles. The predicted molar refractivity (Wildman–Crippen MR) is 71.4 cm³/mol. The summed E-state index contributed by atoms with van der Waals surface area (Å²) < 4.78 is 25.1. The highest BCUT2D eigenvalue weighted by atomic mass is 35.5. The van der Waals surface area contributed by atoms with Gasteiger partial charge in [0.05, 0.1) is 4.90 Å². The molecule has 0 bridgehead atoms. The van der Waals surface area contributed by atoms with Crippen molar-refractivity contribution in [3.63, 3.8) is 0 Å². The number of hydrogen-bond acceptors (Lipinski definition) is 4.